The van der Waals surface area contributed by atoms with E-state index in [9.17, 15) is 10.1 Å². The zero-order chi connectivity index (χ0) is 21.5. The number of carbonyl (C=O) groups excluding carboxylic acids is 1. The highest BCUT2D eigenvalue weighted by molar-refractivity contribution is 6.09. The molecule has 0 bridgehead atoms. The summed E-state index contributed by atoms with van der Waals surface area (Å²) in [6.45, 7) is 6.53. The Balaban J connectivity index is 1.66. The van der Waals surface area contributed by atoms with Gasteiger partial charge < -0.3 is 10.1 Å². The third kappa shape index (κ3) is 5.59. The van der Waals surface area contributed by atoms with Gasteiger partial charge >= 0.3 is 0 Å². The van der Waals surface area contributed by atoms with Crippen LogP contribution in [0.2, 0.25) is 0 Å². The first kappa shape index (κ1) is 20.9. The molecule has 0 radical (unpaired) electrons. The smallest absolute Gasteiger partial charge is 0.266 e. The lowest BCUT2D eigenvalue weighted by Gasteiger charge is -2.09. The number of anilines is 1. The maximum absolute atomic E-state index is 12.5. The number of nitrogens with zero attached hydrogens (tertiary/aromatic N) is 1. The van der Waals surface area contributed by atoms with Crippen molar-refractivity contribution in [3.63, 3.8) is 0 Å². The number of para-hydroxylation sites is 1. The predicted octanol–water partition coefficient (Wildman–Crippen LogP) is 5.74. The summed E-state index contributed by atoms with van der Waals surface area (Å²) in [4.78, 5) is 12.5. The van der Waals surface area contributed by atoms with E-state index < -0.39 is 5.91 Å². The highest BCUT2D eigenvalue weighted by Gasteiger charge is 2.10. The standard InChI is InChI=1S/C26H24N2O2/c1-18-12-19(2)14-22(13-18)17-30-24-10-8-21(9-11-24)15-23(16-27)26(29)28-25-7-5-4-6-20(25)3/h4-15H,17H2,1-3H3,(H,28,29)/b23-15+. The molecule has 0 aliphatic carbocycles. The van der Waals surface area contributed by atoms with Crippen LogP contribution in [-0.4, -0.2) is 5.91 Å². The number of nitriles is 1. The maximum Gasteiger partial charge on any atom is 0.266 e. The fourth-order valence-corrected chi connectivity index (χ4v) is 3.20. The van der Waals surface area contributed by atoms with E-state index in [1.165, 1.54) is 11.1 Å². The Hall–Kier alpha value is -3.84. The maximum atomic E-state index is 12.5. The molecule has 0 fully saturated rings. The van der Waals surface area contributed by atoms with Gasteiger partial charge in [0.15, 0.2) is 0 Å². The molecule has 150 valence electrons. The van der Waals surface area contributed by atoms with Gasteiger partial charge in [0.2, 0.25) is 0 Å². The minimum Gasteiger partial charge on any atom is -0.489 e. The van der Waals surface area contributed by atoms with E-state index in [-0.39, 0.29) is 5.57 Å². The SMILES string of the molecule is Cc1cc(C)cc(COc2ccc(/C=C(\C#N)C(=O)Nc3ccccc3C)cc2)c1. The second-order valence-electron chi connectivity index (χ2n) is 7.29. The van der Waals surface area contributed by atoms with E-state index in [0.717, 1.165) is 22.4 Å². The van der Waals surface area contributed by atoms with Crippen LogP contribution in [-0.2, 0) is 11.4 Å². The molecule has 30 heavy (non-hydrogen) atoms. The Morgan fingerprint density at radius 2 is 1.67 bits per heavy atom. The summed E-state index contributed by atoms with van der Waals surface area (Å²) in [5, 5.41) is 12.2. The molecule has 0 aromatic heterocycles. The molecule has 3 aromatic carbocycles. The Morgan fingerprint density at radius 3 is 2.30 bits per heavy atom. The number of rotatable bonds is 6. The molecule has 0 unspecified atom stereocenters. The first-order chi connectivity index (χ1) is 14.4. The van der Waals surface area contributed by atoms with Crippen molar-refractivity contribution in [2.24, 2.45) is 0 Å². The monoisotopic (exact) mass is 396 g/mol. The van der Waals surface area contributed by atoms with Gasteiger partial charge in [-0.1, -0.05) is 59.7 Å². The molecule has 1 N–H and O–H groups in total. The van der Waals surface area contributed by atoms with Gasteiger partial charge in [-0.3, -0.25) is 4.79 Å². The molecular formula is C26H24N2O2. The van der Waals surface area contributed by atoms with Gasteiger partial charge in [-0.15, -0.1) is 0 Å². The number of amides is 1. The average molecular weight is 396 g/mol. The van der Waals surface area contributed by atoms with Crippen molar-refractivity contribution in [3.05, 3.63) is 100 Å². The number of hydrogen-bond acceptors (Lipinski definition) is 3. The molecule has 0 aliphatic rings. The molecule has 0 saturated heterocycles. The topological polar surface area (TPSA) is 62.1 Å². The van der Waals surface area contributed by atoms with Crippen LogP contribution < -0.4 is 10.1 Å². The summed E-state index contributed by atoms with van der Waals surface area (Å²) in [5.41, 5.74) is 5.97. The van der Waals surface area contributed by atoms with Crippen molar-refractivity contribution in [1.82, 2.24) is 0 Å². The van der Waals surface area contributed by atoms with Gasteiger partial charge in [0.05, 0.1) is 0 Å². The molecule has 1 amide bonds. The van der Waals surface area contributed by atoms with Crippen molar-refractivity contribution >= 4 is 17.7 Å². The number of hydrogen-bond donors (Lipinski definition) is 1. The summed E-state index contributed by atoms with van der Waals surface area (Å²) >= 11 is 0. The number of nitrogens with one attached hydrogen (secondary N) is 1. The van der Waals surface area contributed by atoms with Crippen LogP contribution in [0.25, 0.3) is 6.08 Å². The van der Waals surface area contributed by atoms with Gasteiger partial charge in [-0.25, -0.2) is 0 Å². The highest BCUT2D eigenvalue weighted by Crippen LogP contribution is 2.19. The van der Waals surface area contributed by atoms with Crippen LogP contribution in [0.4, 0.5) is 5.69 Å². The first-order valence-corrected chi connectivity index (χ1v) is 9.73. The van der Waals surface area contributed by atoms with Crippen molar-refractivity contribution in [1.29, 1.82) is 5.26 Å². The summed E-state index contributed by atoms with van der Waals surface area (Å²) < 4.78 is 5.86. The zero-order valence-electron chi connectivity index (χ0n) is 17.4. The minimum absolute atomic E-state index is 0.0437. The largest absolute Gasteiger partial charge is 0.489 e. The molecule has 0 aliphatic heterocycles. The minimum atomic E-state index is -0.429. The zero-order valence-corrected chi connectivity index (χ0v) is 17.4. The Morgan fingerprint density at radius 1 is 1.00 bits per heavy atom. The Bertz CT molecular complexity index is 1100. The lowest BCUT2D eigenvalue weighted by atomic mass is 10.1. The van der Waals surface area contributed by atoms with E-state index >= 15 is 0 Å². The van der Waals surface area contributed by atoms with Gasteiger partial charge in [-0.05, 0) is 61.7 Å². The van der Waals surface area contributed by atoms with E-state index in [4.69, 9.17) is 4.74 Å². The fraction of sp³-hybridized carbons (Fsp3) is 0.154. The fourth-order valence-electron chi connectivity index (χ4n) is 3.20. The predicted molar refractivity (Wildman–Crippen MR) is 120 cm³/mol. The quantitative estimate of drug-likeness (QED) is 0.427. The molecule has 3 rings (SSSR count). The third-order valence-corrected chi connectivity index (χ3v) is 4.64. The van der Waals surface area contributed by atoms with Crippen LogP contribution in [0, 0.1) is 32.1 Å². The normalized spacial score (nSPS) is 10.9. The van der Waals surface area contributed by atoms with Crippen molar-refractivity contribution in [3.8, 4) is 11.8 Å². The summed E-state index contributed by atoms with van der Waals surface area (Å²) in [6, 6.07) is 23.1. The van der Waals surface area contributed by atoms with E-state index in [0.29, 0.717) is 12.3 Å². The van der Waals surface area contributed by atoms with E-state index in [2.05, 4.69) is 37.4 Å². The third-order valence-electron chi connectivity index (χ3n) is 4.64. The lowest BCUT2D eigenvalue weighted by Crippen LogP contribution is -2.14. The van der Waals surface area contributed by atoms with Gasteiger partial charge in [0, 0.05) is 5.69 Å². The van der Waals surface area contributed by atoms with Crippen LogP contribution >= 0.6 is 0 Å². The summed E-state index contributed by atoms with van der Waals surface area (Å²) in [7, 11) is 0. The van der Waals surface area contributed by atoms with Gasteiger partial charge in [0.25, 0.3) is 5.91 Å². The molecule has 0 saturated carbocycles. The Labute approximate surface area is 177 Å². The second-order valence-corrected chi connectivity index (χ2v) is 7.29. The Kier molecular flexibility index (Phi) is 6.67. The highest BCUT2D eigenvalue weighted by atomic mass is 16.5. The summed E-state index contributed by atoms with van der Waals surface area (Å²) in [6.07, 6.45) is 1.57. The summed E-state index contributed by atoms with van der Waals surface area (Å²) in [5.74, 6) is 0.302. The van der Waals surface area contributed by atoms with Crippen LogP contribution in [0.5, 0.6) is 5.75 Å². The first-order valence-electron chi connectivity index (χ1n) is 9.73. The molecule has 4 nitrogen and oxygen atoms in total. The van der Waals surface area contributed by atoms with Gasteiger partial charge in [0.1, 0.15) is 24.0 Å². The van der Waals surface area contributed by atoms with Crippen LogP contribution in [0.1, 0.15) is 27.8 Å². The number of aryl methyl sites for hydroxylation is 3. The second kappa shape index (κ2) is 9.58. The van der Waals surface area contributed by atoms with E-state index in [1.807, 2.05) is 61.5 Å². The molecule has 4 heteroatoms. The lowest BCUT2D eigenvalue weighted by molar-refractivity contribution is -0.112. The molecule has 0 atom stereocenters. The number of carbonyl (C=O) groups is 1. The number of ether oxygens (including phenoxy) is 1. The molecule has 3 aromatic rings. The van der Waals surface area contributed by atoms with Crippen LogP contribution in [0.15, 0.2) is 72.3 Å². The van der Waals surface area contributed by atoms with E-state index in [1.54, 1.807) is 6.08 Å². The molecule has 0 heterocycles. The van der Waals surface area contributed by atoms with Crippen molar-refractivity contribution < 1.29 is 9.53 Å². The van der Waals surface area contributed by atoms with Crippen molar-refractivity contribution in [2.45, 2.75) is 27.4 Å². The molecular weight excluding hydrogens is 372 g/mol. The molecule has 0 spiro atoms. The van der Waals surface area contributed by atoms with Crippen LogP contribution in [0.3, 0.4) is 0 Å². The van der Waals surface area contributed by atoms with Gasteiger partial charge in [-0.2, -0.15) is 5.26 Å². The number of benzene rings is 3. The average Bonchev–Trinajstić information content (AvgIpc) is 2.72. The van der Waals surface area contributed by atoms with Crippen molar-refractivity contribution in [2.75, 3.05) is 5.32 Å².